The Labute approximate surface area is 108 Å². The molecule has 3 heteroatoms. The minimum absolute atomic E-state index is 0.778. The lowest BCUT2D eigenvalue weighted by atomic mass is 10.0. The summed E-state index contributed by atoms with van der Waals surface area (Å²) in [5.74, 6) is 0. The Morgan fingerprint density at radius 2 is 2.35 bits per heavy atom. The Kier molecular flexibility index (Phi) is 3.79. The summed E-state index contributed by atoms with van der Waals surface area (Å²) >= 11 is 1.82. The third-order valence-corrected chi connectivity index (χ3v) is 4.98. The van der Waals surface area contributed by atoms with Gasteiger partial charge in [-0.1, -0.05) is 0 Å². The summed E-state index contributed by atoms with van der Waals surface area (Å²) < 4.78 is 0. The minimum atomic E-state index is 0.778. The van der Waals surface area contributed by atoms with Crippen molar-refractivity contribution < 1.29 is 0 Å². The van der Waals surface area contributed by atoms with Gasteiger partial charge in [-0.25, -0.2) is 0 Å². The molecule has 94 valence electrons. The lowest BCUT2D eigenvalue weighted by Crippen LogP contribution is -2.44. The summed E-state index contributed by atoms with van der Waals surface area (Å²) in [5.41, 5.74) is 1.51. The van der Waals surface area contributed by atoms with Gasteiger partial charge < -0.3 is 5.32 Å². The summed E-state index contributed by atoms with van der Waals surface area (Å²) in [6, 6.07) is 3.86. The van der Waals surface area contributed by atoms with Gasteiger partial charge in [-0.05, 0) is 67.6 Å². The van der Waals surface area contributed by atoms with E-state index in [1.165, 1.54) is 57.3 Å². The molecular formula is C14H22N2S. The molecule has 0 radical (unpaired) electrons. The largest absolute Gasteiger partial charge is 0.312 e. The van der Waals surface area contributed by atoms with Crippen LogP contribution in [0.15, 0.2) is 16.8 Å². The molecule has 3 rings (SSSR count). The maximum Gasteiger partial charge on any atom is 0.0249 e. The van der Waals surface area contributed by atoms with Crippen LogP contribution < -0.4 is 5.32 Å². The molecule has 2 aliphatic rings. The third-order valence-electron chi connectivity index (χ3n) is 4.24. The Balaban J connectivity index is 1.54. The van der Waals surface area contributed by atoms with E-state index in [0.29, 0.717) is 0 Å². The van der Waals surface area contributed by atoms with Crippen LogP contribution in [0.5, 0.6) is 0 Å². The first-order chi connectivity index (χ1) is 8.43. The first-order valence-electron chi connectivity index (χ1n) is 6.92. The van der Waals surface area contributed by atoms with Gasteiger partial charge in [0.05, 0.1) is 0 Å². The van der Waals surface area contributed by atoms with Crippen LogP contribution >= 0.6 is 11.3 Å². The molecule has 0 bridgehead atoms. The van der Waals surface area contributed by atoms with Crippen molar-refractivity contribution in [3.8, 4) is 0 Å². The van der Waals surface area contributed by atoms with Crippen LogP contribution in [-0.2, 0) is 6.42 Å². The van der Waals surface area contributed by atoms with E-state index < -0.39 is 0 Å². The standard InChI is InChI=1S/C14H22N2S/c1-3-13(15-7-1)14-4-2-8-16(14)9-5-12-6-10-17-11-12/h6,10-11,13-15H,1-5,7-9H2. The Morgan fingerprint density at radius 1 is 1.35 bits per heavy atom. The number of likely N-dealkylation sites (tertiary alicyclic amines) is 1. The fraction of sp³-hybridized carbons (Fsp3) is 0.714. The smallest absolute Gasteiger partial charge is 0.0249 e. The molecule has 1 aromatic heterocycles. The molecule has 0 aliphatic carbocycles. The van der Waals surface area contributed by atoms with Gasteiger partial charge in [0.1, 0.15) is 0 Å². The lowest BCUT2D eigenvalue weighted by Gasteiger charge is -2.29. The highest BCUT2D eigenvalue weighted by atomic mass is 32.1. The maximum absolute atomic E-state index is 3.68. The van der Waals surface area contributed by atoms with Crippen LogP contribution in [0.4, 0.5) is 0 Å². The van der Waals surface area contributed by atoms with Gasteiger partial charge in [0, 0.05) is 18.6 Å². The highest BCUT2D eigenvalue weighted by molar-refractivity contribution is 7.07. The van der Waals surface area contributed by atoms with Crippen molar-refractivity contribution >= 4 is 11.3 Å². The van der Waals surface area contributed by atoms with E-state index in [0.717, 1.165) is 12.1 Å². The fourth-order valence-corrected chi connectivity index (χ4v) is 4.04. The zero-order valence-corrected chi connectivity index (χ0v) is 11.2. The van der Waals surface area contributed by atoms with Crippen LogP contribution in [-0.4, -0.2) is 36.6 Å². The molecule has 2 saturated heterocycles. The number of thiophene rings is 1. The number of hydrogen-bond donors (Lipinski definition) is 1. The fourth-order valence-electron chi connectivity index (χ4n) is 3.33. The highest BCUT2D eigenvalue weighted by Crippen LogP contribution is 2.25. The predicted molar refractivity (Wildman–Crippen MR) is 73.6 cm³/mol. The quantitative estimate of drug-likeness (QED) is 0.883. The Morgan fingerprint density at radius 3 is 3.12 bits per heavy atom. The summed E-state index contributed by atoms with van der Waals surface area (Å²) in [7, 11) is 0. The number of rotatable bonds is 4. The van der Waals surface area contributed by atoms with Crippen molar-refractivity contribution in [3.63, 3.8) is 0 Å². The average Bonchev–Trinajstić information content (AvgIpc) is 3.09. The average molecular weight is 250 g/mol. The molecule has 0 amide bonds. The normalized spacial score (nSPS) is 30.1. The van der Waals surface area contributed by atoms with Crippen molar-refractivity contribution in [2.45, 2.75) is 44.2 Å². The van der Waals surface area contributed by atoms with E-state index >= 15 is 0 Å². The molecule has 1 N–H and O–H groups in total. The first kappa shape index (κ1) is 11.7. The number of hydrogen-bond acceptors (Lipinski definition) is 3. The molecule has 0 aromatic carbocycles. The zero-order valence-electron chi connectivity index (χ0n) is 10.4. The summed E-state index contributed by atoms with van der Waals surface area (Å²) in [5, 5.41) is 8.16. The Bertz CT molecular complexity index is 330. The van der Waals surface area contributed by atoms with Crippen LogP contribution in [0.25, 0.3) is 0 Å². The molecule has 2 fully saturated rings. The molecular weight excluding hydrogens is 228 g/mol. The molecule has 0 saturated carbocycles. The second-order valence-corrected chi connectivity index (χ2v) is 6.11. The van der Waals surface area contributed by atoms with E-state index in [9.17, 15) is 0 Å². The van der Waals surface area contributed by atoms with Gasteiger partial charge in [0.2, 0.25) is 0 Å². The van der Waals surface area contributed by atoms with Gasteiger partial charge in [0.25, 0.3) is 0 Å². The lowest BCUT2D eigenvalue weighted by molar-refractivity contribution is 0.217. The van der Waals surface area contributed by atoms with E-state index in [4.69, 9.17) is 0 Å². The SMILES string of the molecule is c1cc(CCN2CCCC2C2CCCN2)cs1. The van der Waals surface area contributed by atoms with E-state index in [1.807, 2.05) is 11.3 Å². The summed E-state index contributed by atoms with van der Waals surface area (Å²) in [4.78, 5) is 2.72. The molecule has 2 unspecified atom stereocenters. The van der Waals surface area contributed by atoms with Crippen LogP contribution in [0.1, 0.15) is 31.2 Å². The second kappa shape index (κ2) is 5.51. The second-order valence-electron chi connectivity index (χ2n) is 5.33. The molecule has 2 nitrogen and oxygen atoms in total. The van der Waals surface area contributed by atoms with Gasteiger partial charge in [-0.3, -0.25) is 4.90 Å². The maximum atomic E-state index is 3.68. The topological polar surface area (TPSA) is 15.3 Å². The third kappa shape index (κ3) is 2.72. The van der Waals surface area contributed by atoms with Gasteiger partial charge in [-0.2, -0.15) is 11.3 Å². The summed E-state index contributed by atoms with van der Waals surface area (Å²) in [6.45, 7) is 3.80. The predicted octanol–water partition coefficient (Wildman–Crippen LogP) is 2.51. The highest BCUT2D eigenvalue weighted by Gasteiger charge is 2.32. The van der Waals surface area contributed by atoms with Gasteiger partial charge >= 0.3 is 0 Å². The zero-order chi connectivity index (χ0) is 11.5. The van der Waals surface area contributed by atoms with E-state index in [2.05, 4.69) is 27.0 Å². The molecule has 1 aromatic rings. The minimum Gasteiger partial charge on any atom is -0.312 e. The van der Waals surface area contributed by atoms with E-state index in [-0.39, 0.29) is 0 Å². The number of nitrogens with one attached hydrogen (secondary N) is 1. The first-order valence-corrected chi connectivity index (χ1v) is 7.86. The van der Waals surface area contributed by atoms with Crippen molar-refractivity contribution in [1.82, 2.24) is 10.2 Å². The molecule has 3 heterocycles. The molecule has 2 atom stereocenters. The van der Waals surface area contributed by atoms with Crippen LogP contribution in [0, 0.1) is 0 Å². The van der Waals surface area contributed by atoms with Crippen molar-refractivity contribution in [3.05, 3.63) is 22.4 Å². The van der Waals surface area contributed by atoms with Crippen LogP contribution in [0.2, 0.25) is 0 Å². The van der Waals surface area contributed by atoms with E-state index in [1.54, 1.807) is 0 Å². The summed E-state index contributed by atoms with van der Waals surface area (Å²) in [6.07, 6.45) is 6.79. The van der Waals surface area contributed by atoms with Crippen LogP contribution in [0.3, 0.4) is 0 Å². The molecule has 0 spiro atoms. The number of nitrogens with zero attached hydrogens (tertiary/aromatic N) is 1. The van der Waals surface area contributed by atoms with Crippen molar-refractivity contribution in [2.24, 2.45) is 0 Å². The molecule has 17 heavy (non-hydrogen) atoms. The Hall–Kier alpha value is -0.380. The van der Waals surface area contributed by atoms with Crippen molar-refractivity contribution in [1.29, 1.82) is 0 Å². The van der Waals surface area contributed by atoms with Gasteiger partial charge in [-0.15, -0.1) is 0 Å². The van der Waals surface area contributed by atoms with Gasteiger partial charge in [0.15, 0.2) is 0 Å². The molecule has 2 aliphatic heterocycles. The van der Waals surface area contributed by atoms with Crippen molar-refractivity contribution in [2.75, 3.05) is 19.6 Å². The monoisotopic (exact) mass is 250 g/mol.